The van der Waals surface area contributed by atoms with Gasteiger partial charge in [0.2, 0.25) is 0 Å². The monoisotopic (exact) mass is 204 g/mol. The summed E-state index contributed by atoms with van der Waals surface area (Å²) in [6.45, 7) is 0. The van der Waals surface area contributed by atoms with Crippen molar-refractivity contribution in [2.75, 3.05) is 0 Å². The van der Waals surface area contributed by atoms with Crippen molar-refractivity contribution in [3.05, 3.63) is 44.8 Å². The first-order valence-corrected chi connectivity index (χ1v) is 5.24. The first-order chi connectivity index (χ1) is 7.22. The number of hydrogen-bond acceptors (Lipinski definition) is 2. The van der Waals surface area contributed by atoms with Crippen molar-refractivity contribution in [2.24, 2.45) is 11.8 Å². The van der Waals surface area contributed by atoms with E-state index in [1.807, 2.05) is 0 Å². The summed E-state index contributed by atoms with van der Waals surface area (Å²) in [5.41, 5.74) is 0.0883. The van der Waals surface area contributed by atoms with Gasteiger partial charge in [-0.05, 0) is 24.7 Å². The number of aromatic amines is 2. The second-order valence-corrected chi connectivity index (χ2v) is 4.43. The smallest absolute Gasteiger partial charge is 0.311 e. The topological polar surface area (TPSA) is 65.7 Å². The molecule has 3 atom stereocenters. The van der Waals surface area contributed by atoms with Crippen molar-refractivity contribution in [1.29, 1.82) is 0 Å². The van der Waals surface area contributed by atoms with Crippen LogP contribution >= 0.6 is 0 Å². The Kier molecular flexibility index (Phi) is 1.71. The van der Waals surface area contributed by atoms with Crippen molar-refractivity contribution in [2.45, 2.75) is 18.8 Å². The fraction of sp³-hybridized carbons (Fsp3) is 0.455. The zero-order chi connectivity index (χ0) is 10.4. The van der Waals surface area contributed by atoms with Crippen LogP contribution in [0, 0.1) is 11.8 Å². The highest BCUT2D eigenvalue weighted by atomic mass is 16.2. The molecule has 78 valence electrons. The second-order valence-electron chi connectivity index (χ2n) is 4.43. The Morgan fingerprint density at radius 3 is 2.60 bits per heavy atom. The minimum Gasteiger partial charge on any atom is -0.311 e. The van der Waals surface area contributed by atoms with Gasteiger partial charge in [0.05, 0.1) is 0 Å². The van der Waals surface area contributed by atoms with Gasteiger partial charge in [-0.15, -0.1) is 0 Å². The molecule has 1 aromatic heterocycles. The van der Waals surface area contributed by atoms with E-state index >= 15 is 0 Å². The van der Waals surface area contributed by atoms with E-state index in [4.69, 9.17) is 0 Å². The van der Waals surface area contributed by atoms with Gasteiger partial charge >= 0.3 is 5.69 Å². The van der Waals surface area contributed by atoms with Gasteiger partial charge in [-0.25, -0.2) is 4.79 Å². The maximum absolute atomic E-state index is 11.2. The predicted octanol–water partition coefficient (Wildman–Crippen LogP) is 0.743. The number of aromatic nitrogens is 2. The highest BCUT2D eigenvalue weighted by Gasteiger charge is 2.37. The van der Waals surface area contributed by atoms with Gasteiger partial charge in [0.1, 0.15) is 0 Å². The number of fused-ring (bicyclic) bond motifs is 2. The Bertz CT molecular complexity index is 498. The van der Waals surface area contributed by atoms with Gasteiger partial charge in [0, 0.05) is 17.7 Å². The van der Waals surface area contributed by atoms with E-state index in [1.54, 1.807) is 0 Å². The summed E-state index contributed by atoms with van der Waals surface area (Å²) in [6.07, 6.45) is 6.67. The lowest BCUT2D eigenvalue weighted by molar-refractivity contribution is 0.565. The van der Waals surface area contributed by atoms with Gasteiger partial charge in [-0.1, -0.05) is 12.2 Å². The molecule has 4 heteroatoms. The van der Waals surface area contributed by atoms with Crippen molar-refractivity contribution < 1.29 is 0 Å². The molecule has 0 radical (unpaired) electrons. The van der Waals surface area contributed by atoms with Crippen LogP contribution in [0.1, 0.15) is 24.5 Å². The molecule has 3 rings (SSSR count). The third-order valence-electron chi connectivity index (χ3n) is 3.46. The molecule has 0 spiro atoms. The molecule has 0 saturated heterocycles. The van der Waals surface area contributed by atoms with Crippen molar-refractivity contribution >= 4 is 0 Å². The fourth-order valence-corrected chi connectivity index (χ4v) is 2.83. The summed E-state index contributed by atoms with van der Waals surface area (Å²) in [6, 6.07) is 1.51. The lowest BCUT2D eigenvalue weighted by Crippen LogP contribution is -2.25. The van der Waals surface area contributed by atoms with Crippen molar-refractivity contribution in [1.82, 2.24) is 9.97 Å². The SMILES string of the molecule is O=c1cc([C@H]2C[C@H]3C=C[C@H]2C3)[nH]c(=O)[nH]1. The largest absolute Gasteiger partial charge is 0.325 e. The van der Waals surface area contributed by atoms with Crippen LogP contribution in [0.4, 0.5) is 0 Å². The molecule has 1 heterocycles. The first kappa shape index (κ1) is 8.71. The number of H-pyrrole nitrogens is 2. The van der Waals surface area contributed by atoms with Crippen LogP contribution in [0.2, 0.25) is 0 Å². The average molecular weight is 204 g/mol. The Hall–Kier alpha value is -1.58. The van der Waals surface area contributed by atoms with Crippen LogP contribution in [0.15, 0.2) is 27.8 Å². The van der Waals surface area contributed by atoms with E-state index in [0.29, 0.717) is 17.8 Å². The normalized spacial score (nSPS) is 32.4. The maximum Gasteiger partial charge on any atom is 0.325 e. The molecule has 1 saturated carbocycles. The third kappa shape index (κ3) is 1.37. The quantitative estimate of drug-likeness (QED) is 0.663. The molecule has 1 fully saturated rings. The first-order valence-electron chi connectivity index (χ1n) is 5.24. The highest BCUT2D eigenvalue weighted by Crippen LogP contribution is 2.47. The highest BCUT2D eigenvalue weighted by molar-refractivity contribution is 5.21. The van der Waals surface area contributed by atoms with Crippen LogP contribution in [0.25, 0.3) is 0 Å². The molecule has 2 aliphatic rings. The lowest BCUT2D eigenvalue weighted by atomic mass is 9.90. The van der Waals surface area contributed by atoms with Crippen molar-refractivity contribution in [3.63, 3.8) is 0 Å². The zero-order valence-corrected chi connectivity index (χ0v) is 8.19. The molecule has 0 aliphatic heterocycles. The Balaban J connectivity index is 2.03. The van der Waals surface area contributed by atoms with E-state index in [1.165, 1.54) is 12.5 Å². The molecule has 0 amide bonds. The summed E-state index contributed by atoms with van der Waals surface area (Å²) >= 11 is 0. The summed E-state index contributed by atoms with van der Waals surface area (Å²) in [5, 5.41) is 0. The molecule has 4 nitrogen and oxygen atoms in total. The van der Waals surface area contributed by atoms with E-state index < -0.39 is 5.69 Å². The summed E-state index contributed by atoms with van der Waals surface area (Å²) in [7, 11) is 0. The van der Waals surface area contributed by atoms with Gasteiger partial charge < -0.3 is 4.98 Å². The second kappa shape index (κ2) is 2.95. The fourth-order valence-electron chi connectivity index (χ4n) is 2.83. The minimum absolute atomic E-state index is 0.305. The van der Waals surface area contributed by atoms with E-state index in [9.17, 15) is 9.59 Å². The van der Waals surface area contributed by atoms with E-state index in [0.717, 1.165) is 12.1 Å². The van der Waals surface area contributed by atoms with Crippen LogP contribution in [0.3, 0.4) is 0 Å². The number of nitrogens with one attached hydrogen (secondary N) is 2. The Labute approximate surface area is 86.0 Å². The molecule has 2 aliphatic carbocycles. The Morgan fingerprint density at radius 1 is 1.13 bits per heavy atom. The minimum atomic E-state index is -0.399. The number of allylic oxidation sites excluding steroid dienone is 2. The van der Waals surface area contributed by atoms with Gasteiger partial charge in [0.25, 0.3) is 5.56 Å². The predicted molar refractivity (Wildman–Crippen MR) is 55.8 cm³/mol. The maximum atomic E-state index is 11.2. The summed E-state index contributed by atoms with van der Waals surface area (Å²) in [4.78, 5) is 27.2. The van der Waals surface area contributed by atoms with Crippen molar-refractivity contribution in [3.8, 4) is 0 Å². The molecular formula is C11H12N2O2. The molecule has 1 aromatic rings. The zero-order valence-electron chi connectivity index (χ0n) is 8.19. The molecule has 0 unspecified atom stereocenters. The number of hydrogen-bond donors (Lipinski definition) is 2. The van der Waals surface area contributed by atoms with E-state index in [2.05, 4.69) is 22.1 Å². The molecule has 2 bridgehead atoms. The van der Waals surface area contributed by atoms with Gasteiger partial charge in [0.15, 0.2) is 0 Å². The van der Waals surface area contributed by atoms with Gasteiger partial charge in [-0.2, -0.15) is 0 Å². The molecular weight excluding hydrogens is 192 g/mol. The van der Waals surface area contributed by atoms with Crippen LogP contribution in [-0.2, 0) is 0 Å². The van der Waals surface area contributed by atoms with Crippen LogP contribution < -0.4 is 11.2 Å². The molecule has 2 N–H and O–H groups in total. The van der Waals surface area contributed by atoms with Crippen LogP contribution in [0.5, 0.6) is 0 Å². The van der Waals surface area contributed by atoms with Crippen LogP contribution in [-0.4, -0.2) is 9.97 Å². The molecule has 15 heavy (non-hydrogen) atoms. The summed E-state index contributed by atoms with van der Waals surface area (Å²) in [5.74, 6) is 1.48. The summed E-state index contributed by atoms with van der Waals surface area (Å²) < 4.78 is 0. The Morgan fingerprint density at radius 2 is 2.00 bits per heavy atom. The molecule has 0 aromatic carbocycles. The lowest BCUT2D eigenvalue weighted by Gasteiger charge is -2.17. The third-order valence-corrected chi connectivity index (χ3v) is 3.46. The van der Waals surface area contributed by atoms with E-state index in [-0.39, 0.29) is 5.56 Å². The standard InChI is InChI=1S/C11H12N2O2/c14-10-5-9(12-11(15)13-10)8-4-6-1-2-7(8)3-6/h1-2,5-8H,3-4H2,(H2,12,13,14,15)/t6-,7-,8-/m0/s1. The average Bonchev–Trinajstić information content (AvgIpc) is 2.76. The van der Waals surface area contributed by atoms with Gasteiger partial charge in [-0.3, -0.25) is 9.78 Å². The number of rotatable bonds is 1.